The number of hydrogen-bond acceptors (Lipinski definition) is 8. The summed E-state index contributed by atoms with van der Waals surface area (Å²) >= 11 is 0. The highest BCUT2D eigenvalue weighted by molar-refractivity contribution is 5.92. The number of benzene rings is 4. The lowest BCUT2D eigenvalue weighted by molar-refractivity contribution is -0.439. The average molecular weight is 580 g/mol. The smallest absolute Gasteiger partial charge is 0.459 e. The van der Waals surface area contributed by atoms with Crippen molar-refractivity contribution in [1.82, 2.24) is 0 Å². The van der Waals surface area contributed by atoms with Crippen LogP contribution in [0.1, 0.15) is 41.1 Å². The second-order valence-electron chi connectivity index (χ2n) is 9.83. The Labute approximate surface area is 247 Å². The molecule has 0 unspecified atom stereocenters. The molecule has 1 saturated heterocycles. The third-order valence-corrected chi connectivity index (χ3v) is 6.96. The minimum atomic E-state index is -1.23. The summed E-state index contributed by atoms with van der Waals surface area (Å²) in [6.07, 6.45) is -5.56. The van der Waals surface area contributed by atoms with Crippen molar-refractivity contribution in [2.75, 3.05) is 6.61 Å². The van der Waals surface area contributed by atoms with Gasteiger partial charge in [-0.2, -0.15) is 0 Å². The maximum Gasteiger partial charge on any atom is 0.523 e. The zero-order valence-electron chi connectivity index (χ0n) is 22.8. The normalized spacial score (nSPS) is 22.3. The summed E-state index contributed by atoms with van der Waals surface area (Å²) < 4.78 is 35.9. The molecule has 0 spiro atoms. The number of fused-ring (bicyclic) bond motifs is 1. The predicted molar refractivity (Wildman–Crippen MR) is 152 cm³/mol. The molecule has 9 heteroatoms. The summed E-state index contributed by atoms with van der Waals surface area (Å²) in [6.45, 7) is -0.326. The fourth-order valence-electron chi connectivity index (χ4n) is 4.82. The molecule has 2 aliphatic heterocycles. The van der Waals surface area contributed by atoms with E-state index in [4.69, 9.17) is 28.1 Å². The van der Waals surface area contributed by atoms with Gasteiger partial charge < -0.3 is 18.9 Å². The molecule has 0 amide bonds. The van der Waals surface area contributed by atoms with E-state index >= 15 is 0 Å². The Balaban J connectivity index is 1.33. The predicted octanol–water partition coefficient (Wildman–Crippen LogP) is 4.79. The molecule has 0 aromatic heterocycles. The molecular formula is C34H27O9+. The van der Waals surface area contributed by atoms with Gasteiger partial charge in [-0.3, -0.25) is 9.16 Å². The van der Waals surface area contributed by atoms with Crippen molar-refractivity contribution in [3.63, 3.8) is 0 Å². The van der Waals surface area contributed by atoms with Gasteiger partial charge in [0.25, 0.3) is 0 Å². The zero-order chi connectivity index (χ0) is 29.6. The Morgan fingerprint density at radius 2 is 1.07 bits per heavy atom. The van der Waals surface area contributed by atoms with Crippen LogP contribution in [-0.2, 0) is 23.7 Å². The topological polar surface area (TPSA) is 109 Å². The van der Waals surface area contributed by atoms with Crippen LogP contribution in [0.2, 0.25) is 0 Å². The van der Waals surface area contributed by atoms with Crippen LogP contribution in [-0.4, -0.2) is 61.2 Å². The van der Waals surface area contributed by atoms with Crippen molar-refractivity contribution in [3.05, 3.63) is 144 Å². The molecule has 4 aromatic rings. The molecule has 43 heavy (non-hydrogen) atoms. The SMILES string of the molecule is O=C(OC[C@H]1O[C@@H]2[O+]=C(c3ccccc3)O[C@@H]2[C@@H](OC(=O)c2ccccc2)[C@@H]1OC(=O)c1ccccc1)c1ccccc1. The minimum absolute atomic E-state index is 0.159. The third-order valence-electron chi connectivity index (χ3n) is 6.96. The van der Waals surface area contributed by atoms with E-state index in [9.17, 15) is 14.4 Å². The van der Waals surface area contributed by atoms with E-state index in [1.165, 1.54) is 0 Å². The van der Waals surface area contributed by atoms with Gasteiger partial charge in [-0.1, -0.05) is 72.8 Å². The molecule has 4 aromatic carbocycles. The largest absolute Gasteiger partial charge is 0.523 e. The van der Waals surface area contributed by atoms with Gasteiger partial charge in [-0.25, -0.2) is 14.4 Å². The van der Waals surface area contributed by atoms with Crippen molar-refractivity contribution in [2.24, 2.45) is 0 Å². The maximum atomic E-state index is 13.3. The van der Waals surface area contributed by atoms with Crippen LogP contribution < -0.4 is 0 Å². The molecular weight excluding hydrogens is 552 g/mol. The summed E-state index contributed by atoms with van der Waals surface area (Å²) in [7, 11) is 0. The number of rotatable bonds is 8. The highest BCUT2D eigenvalue weighted by Gasteiger charge is 2.62. The highest BCUT2D eigenvalue weighted by atomic mass is 16.8. The highest BCUT2D eigenvalue weighted by Crippen LogP contribution is 2.34. The van der Waals surface area contributed by atoms with Gasteiger partial charge in [0.05, 0.1) is 16.7 Å². The monoisotopic (exact) mass is 579 g/mol. The molecule has 0 N–H and O–H groups in total. The van der Waals surface area contributed by atoms with Gasteiger partial charge in [0, 0.05) is 0 Å². The quantitative estimate of drug-likeness (QED) is 0.167. The fourth-order valence-corrected chi connectivity index (χ4v) is 4.82. The summed E-state index contributed by atoms with van der Waals surface area (Å²) in [5, 5.41) is 0. The molecule has 0 saturated carbocycles. The van der Waals surface area contributed by atoms with E-state index < -0.39 is 48.6 Å². The first-order chi connectivity index (χ1) is 21.1. The molecule has 5 atom stereocenters. The van der Waals surface area contributed by atoms with Crippen LogP contribution in [0.3, 0.4) is 0 Å². The van der Waals surface area contributed by atoms with Crippen LogP contribution in [0.4, 0.5) is 0 Å². The van der Waals surface area contributed by atoms with Crippen molar-refractivity contribution in [2.45, 2.75) is 30.7 Å². The number of hydrogen-bond donors (Lipinski definition) is 0. The van der Waals surface area contributed by atoms with E-state index in [2.05, 4.69) is 0 Å². The van der Waals surface area contributed by atoms with E-state index in [1.807, 2.05) is 18.2 Å². The second kappa shape index (κ2) is 12.7. The lowest BCUT2D eigenvalue weighted by atomic mass is 9.98. The van der Waals surface area contributed by atoms with Gasteiger partial charge in [0.1, 0.15) is 18.3 Å². The van der Waals surface area contributed by atoms with Crippen molar-refractivity contribution < 1.29 is 42.5 Å². The molecule has 1 fully saturated rings. The number of esters is 4. The first-order valence-corrected chi connectivity index (χ1v) is 13.7. The Morgan fingerprint density at radius 1 is 0.605 bits per heavy atom. The van der Waals surface area contributed by atoms with Crippen LogP contribution in [0.5, 0.6) is 0 Å². The Hall–Kier alpha value is -5.28. The van der Waals surface area contributed by atoms with E-state index in [1.54, 1.807) is 103 Å². The first kappa shape index (κ1) is 27.9. The second-order valence-corrected chi connectivity index (χ2v) is 9.83. The van der Waals surface area contributed by atoms with E-state index in [-0.39, 0.29) is 23.7 Å². The van der Waals surface area contributed by atoms with Crippen LogP contribution in [0, 0.1) is 0 Å². The maximum absolute atomic E-state index is 13.3. The molecule has 9 nitrogen and oxygen atoms in total. The van der Waals surface area contributed by atoms with Crippen molar-refractivity contribution >= 4 is 23.9 Å². The molecule has 6 rings (SSSR count). The zero-order valence-corrected chi connectivity index (χ0v) is 22.8. The van der Waals surface area contributed by atoms with Gasteiger partial charge in [-0.05, 0) is 48.5 Å². The molecule has 0 aliphatic carbocycles. The summed E-state index contributed by atoms with van der Waals surface area (Å²) in [5.74, 6) is -1.79. The minimum Gasteiger partial charge on any atom is -0.459 e. The Bertz CT molecular complexity index is 1590. The summed E-state index contributed by atoms with van der Waals surface area (Å²) in [4.78, 5) is 39.4. The first-order valence-electron chi connectivity index (χ1n) is 13.7. The number of carbonyl (C=O) groups is 3. The van der Waals surface area contributed by atoms with E-state index in [0.29, 0.717) is 11.1 Å². The van der Waals surface area contributed by atoms with Crippen LogP contribution in [0.15, 0.2) is 121 Å². The standard InChI is InChI=1S/C34H27O9/c35-30(22-13-5-1-6-14-22)38-21-26-27(40-31(36)23-15-7-2-8-16-23)28(41-32(37)24-17-9-3-10-18-24)29-34(39-26)43-33(42-29)25-19-11-4-12-20-25/h1-20,26-29,34H,21H2/q+1/t26-,27-,28+,29-,34-/m1/s1. The summed E-state index contributed by atoms with van der Waals surface area (Å²) in [6, 6.07) is 34.3. The van der Waals surface area contributed by atoms with Crippen LogP contribution in [0.25, 0.3) is 0 Å². The van der Waals surface area contributed by atoms with Gasteiger partial charge in [0.2, 0.25) is 6.10 Å². The Morgan fingerprint density at radius 3 is 1.60 bits per heavy atom. The molecule has 0 bridgehead atoms. The number of ether oxygens (including phenoxy) is 5. The van der Waals surface area contributed by atoms with Crippen LogP contribution >= 0.6 is 0 Å². The van der Waals surface area contributed by atoms with Gasteiger partial charge in [-0.15, -0.1) is 0 Å². The lowest BCUT2D eigenvalue weighted by Gasteiger charge is -2.37. The van der Waals surface area contributed by atoms with E-state index in [0.717, 1.165) is 0 Å². The third kappa shape index (κ3) is 6.32. The molecule has 216 valence electrons. The average Bonchev–Trinajstić information content (AvgIpc) is 3.50. The van der Waals surface area contributed by atoms with Gasteiger partial charge in [0.15, 0.2) is 6.10 Å². The molecule has 2 aliphatic rings. The molecule has 0 radical (unpaired) electrons. The fraction of sp³-hybridized carbons (Fsp3) is 0.176. The van der Waals surface area contributed by atoms with Crippen molar-refractivity contribution in [1.29, 1.82) is 0 Å². The van der Waals surface area contributed by atoms with Crippen molar-refractivity contribution in [3.8, 4) is 0 Å². The lowest BCUT2D eigenvalue weighted by Crippen LogP contribution is -2.60. The molecule has 2 heterocycles. The number of carbonyl (C=O) groups excluding carboxylic acids is 4. The Kier molecular flexibility index (Phi) is 8.24. The summed E-state index contributed by atoms with van der Waals surface area (Å²) in [5.41, 5.74) is 1.54. The van der Waals surface area contributed by atoms with Gasteiger partial charge >= 0.3 is 36.3 Å².